The fourth-order valence-electron chi connectivity index (χ4n) is 3.92. The number of nitrogens with zero attached hydrogens (tertiary/aromatic N) is 3. The van der Waals surface area contributed by atoms with Crippen molar-refractivity contribution < 1.29 is 17.1 Å². The Morgan fingerprint density at radius 3 is 2.69 bits per heavy atom. The van der Waals surface area contributed by atoms with Gasteiger partial charge in [0.1, 0.15) is 17.2 Å². The summed E-state index contributed by atoms with van der Waals surface area (Å²) in [6.45, 7) is 7.38. The van der Waals surface area contributed by atoms with Gasteiger partial charge in [-0.05, 0) is 54.3 Å². The van der Waals surface area contributed by atoms with Crippen LogP contribution in [0.4, 0.5) is 11.6 Å². The number of hydrogen-bond donors (Lipinski definition) is 2. The number of aryl methyl sites for hydroxylation is 2. The summed E-state index contributed by atoms with van der Waals surface area (Å²) in [5.74, 6) is 2.06. The monoisotopic (exact) mass is 477 g/mol. The zero-order valence-electron chi connectivity index (χ0n) is 20.8. The number of ether oxygens (including phenoxy) is 2. The highest BCUT2D eigenvalue weighted by molar-refractivity contribution is 5.92. The molecule has 8 nitrogen and oxygen atoms in total. The molecule has 0 bridgehead atoms. The van der Waals surface area contributed by atoms with Gasteiger partial charge in [-0.25, -0.2) is 4.98 Å². The lowest BCUT2D eigenvalue weighted by atomic mass is 9.97. The van der Waals surface area contributed by atoms with Gasteiger partial charge in [-0.3, -0.25) is 9.78 Å². The Morgan fingerprint density at radius 1 is 1.11 bits per heavy atom. The van der Waals surface area contributed by atoms with Crippen LogP contribution in [0.5, 0.6) is 11.5 Å². The number of pyridine rings is 1. The zero-order chi connectivity index (χ0) is 24.9. The topological polar surface area (TPSA) is 90.3 Å². The molecule has 0 aliphatic heterocycles. The van der Waals surface area contributed by atoms with Crippen LogP contribution in [0.15, 0.2) is 54.7 Å². The minimum atomic E-state index is -0.278. The number of amides is 1. The SMILES string of the molecule is COCCNC(=O)c1cc(Oc2ccc3c(c2)nc(Nc2ccc(C)c(C(C)C)c2)n3C)ccn1.[HH].[HH]. The number of rotatable bonds is 9. The molecule has 0 unspecified atom stereocenters. The van der Waals surface area contributed by atoms with Crippen LogP contribution in [0.2, 0.25) is 0 Å². The molecule has 4 aromatic rings. The minimum Gasteiger partial charge on any atom is -0.457 e. The third kappa shape index (κ3) is 5.60. The van der Waals surface area contributed by atoms with Crippen LogP contribution in [0.25, 0.3) is 11.0 Å². The quantitative estimate of drug-likeness (QED) is 0.296. The Hall–Kier alpha value is -3.91. The summed E-state index contributed by atoms with van der Waals surface area (Å²) >= 11 is 0. The molecule has 35 heavy (non-hydrogen) atoms. The van der Waals surface area contributed by atoms with E-state index >= 15 is 0 Å². The molecule has 186 valence electrons. The van der Waals surface area contributed by atoms with E-state index in [-0.39, 0.29) is 14.5 Å². The zero-order valence-corrected chi connectivity index (χ0v) is 20.8. The van der Waals surface area contributed by atoms with E-state index < -0.39 is 0 Å². The van der Waals surface area contributed by atoms with Crippen molar-refractivity contribution in [3.8, 4) is 11.5 Å². The van der Waals surface area contributed by atoms with Crippen molar-refractivity contribution in [2.45, 2.75) is 26.7 Å². The van der Waals surface area contributed by atoms with Crippen LogP contribution in [-0.2, 0) is 11.8 Å². The van der Waals surface area contributed by atoms with Crippen LogP contribution in [-0.4, -0.2) is 40.7 Å². The fraction of sp³-hybridized carbons (Fsp3) is 0.296. The maximum Gasteiger partial charge on any atom is 0.270 e. The van der Waals surface area contributed by atoms with E-state index in [0.717, 1.165) is 22.7 Å². The molecular weight excluding hydrogens is 442 g/mol. The number of hydrogen-bond acceptors (Lipinski definition) is 6. The Bertz CT molecular complexity index is 1360. The van der Waals surface area contributed by atoms with E-state index in [1.54, 1.807) is 25.4 Å². The number of benzene rings is 2. The predicted octanol–water partition coefficient (Wildman–Crippen LogP) is 5.80. The average molecular weight is 478 g/mol. The molecule has 0 spiro atoms. The van der Waals surface area contributed by atoms with Gasteiger partial charge < -0.3 is 24.7 Å². The normalized spacial score (nSPS) is 11.1. The first-order valence-electron chi connectivity index (χ1n) is 11.6. The molecule has 0 saturated carbocycles. The standard InChI is InChI=1S/C27H31N5O3.2H2/c1-17(2)22-14-19(7-6-18(22)3)30-27-31-23-15-20(8-9-25(23)32(27)4)35-21-10-11-28-24(16-21)26(33)29-12-13-34-5;;/h6-11,14-17H,12-13H2,1-5H3,(H,29,33)(H,30,31);2*1H. The third-order valence-corrected chi connectivity index (χ3v) is 5.80. The molecule has 0 aliphatic rings. The van der Waals surface area contributed by atoms with Crippen molar-refractivity contribution in [2.24, 2.45) is 7.05 Å². The number of nitrogens with one attached hydrogen (secondary N) is 2. The summed E-state index contributed by atoms with van der Waals surface area (Å²) in [6, 6.07) is 15.4. The number of imidazole rings is 1. The molecule has 2 aromatic carbocycles. The molecule has 2 N–H and O–H groups in total. The lowest BCUT2D eigenvalue weighted by Gasteiger charge is -2.13. The van der Waals surface area contributed by atoms with Crippen molar-refractivity contribution in [1.82, 2.24) is 19.9 Å². The molecule has 0 fully saturated rings. The summed E-state index contributed by atoms with van der Waals surface area (Å²) in [6.07, 6.45) is 1.55. The van der Waals surface area contributed by atoms with Crippen molar-refractivity contribution in [1.29, 1.82) is 0 Å². The molecule has 1 amide bonds. The van der Waals surface area contributed by atoms with E-state index in [2.05, 4.69) is 54.6 Å². The Labute approximate surface area is 208 Å². The summed E-state index contributed by atoms with van der Waals surface area (Å²) < 4.78 is 13.0. The van der Waals surface area contributed by atoms with Gasteiger partial charge >= 0.3 is 0 Å². The highest BCUT2D eigenvalue weighted by atomic mass is 16.5. The summed E-state index contributed by atoms with van der Waals surface area (Å²) in [7, 11) is 3.56. The average Bonchev–Trinajstić information content (AvgIpc) is 3.14. The molecule has 0 atom stereocenters. The molecule has 0 saturated heterocycles. The lowest BCUT2D eigenvalue weighted by Crippen LogP contribution is -2.27. The second-order valence-corrected chi connectivity index (χ2v) is 8.72. The van der Waals surface area contributed by atoms with Crippen molar-refractivity contribution in [2.75, 3.05) is 25.6 Å². The van der Waals surface area contributed by atoms with Crippen molar-refractivity contribution in [3.63, 3.8) is 0 Å². The lowest BCUT2D eigenvalue weighted by molar-refractivity contribution is 0.0932. The number of methoxy groups -OCH3 is 1. The fourth-order valence-corrected chi connectivity index (χ4v) is 3.92. The van der Waals surface area contributed by atoms with Crippen LogP contribution >= 0.6 is 0 Å². The number of fused-ring (bicyclic) bond motifs is 1. The number of carbonyl (C=O) groups is 1. The van der Waals surface area contributed by atoms with E-state index in [0.29, 0.717) is 30.6 Å². The van der Waals surface area contributed by atoms with E-state index in [1.807, 2.05) is 29.8 Å². The van der Waals surface area contributed by atoms with E-state index in [9.17, 15) is 4.79 Å². The van der Waals surface area contributed by atoms with Gasteiger partial charge in [0, 0.05) is 47.6 Å². The Kier molecular flexibility index (Phi) is 7.31. The second kappa shape index (κ2) is 10.6. The van der Waals surface area contributed by atoms with Crippen LogP contribution in [0.1, 0.15) is 44.2 Å². The maximum absolute atomic E-state index is 12.3. The first kappa shape index (κ1) is 24.2. The Morgan fingerprint density at radius 2 is 1.91 bits per heavy atom. The summed E-state index contributed by atoms with van der Waals surface area (Å²) in [5, 5.41) is 6.20. The van der Waals surface area contributed by atoms with Gasteiger partial charge in [-0.2, -0.15) is 0 Å². The molecule has 4 rings (SSSR count). The van der Waals surface area contributed by atoms with Crippen LogP contribution < -0.4 is 15.4 Å². The van der Waals surface area contributed by atoms with Crippen LogP contribution in [0.3, 0.4) is 0 Å². The van der Waals surface area contributed by atoms with Gasteiger partial charge in [0.25, 0.3) is 5.91 Å². The molecule has 0 aliphatic carbocycles. The number of carbonyl (C=O) groups excluding carboxylic acids is 1. The highest BCUT2D eigenvalue weighted by Crippen LogP contribution is 2.29. The van der Waals surface area contributed by atoms with E-state index in [1.165, 1.54) is 11.1 Å². The van der Waals surface area contributed by atoms with Gasteiger partial charge in [0.05, 0.1) is 17.6 Å². The molecule has 2 heterocycles. The largest absolute Gasteiger partial charge is 0.457 e. The number of anilines is 2. The summed E-state index contributed by atoms with van der Waals surface area (Å²) in [5.41, 5.74) is 5.65. The predicted molar refractivity (Wildman–Crippen MR) is 142 cm³/mol. The number of aromatic nitrogens is 3. The van der Waals surface area contributed by atoms with Gasteiger partial charge in [-0.15, -0.1) is 0 Å². The Balaban J connectivity index is 0.00000241. The van der Waals surface area contributed by atoms with Crippen molar-refractivity contribution >= 4 is 28.6 Å². The maximum atomic E-state index is 12.3. The first-order chi connectivity index (χ1) is 16.9. The van der Waals surface area contributed by atoms with Gasteiger partial charge in [-0.1, -0.05) is 19.9 Å². The first-order valence-corrected chi connectivity index (χ1v) is 11.6. The van der Waals surface area contributed by atoms with Crippen LogP contribution in [0, 0.1) is 6.92 Å². The molecular formula is C27H35N5O3. The third-order valence-electron chi connectivity index (χ3n) is 5.80. The van der Waals surface area contributed by atoms with E-state index in [4.69, 9.17) is 14.5 Å². The second-order valence-electron chi connectivity index (χ2n) is 8.72. The highest BCUT2D eigenvalue weighted by Gasteiger charge is 2.12. The molecule has 8 heteroatoms. The summed E-state index contributed by atoms with van der Waals surface area (Å²) in [4.78, 5) is 21.2. The smallest absolute Gasteiger partial charge is 0.270 e. The van der Waals surface area contributed by atoms with Gasteiger partial charge in [0.15, 0.2) is 0 Å². The van der Waals surface area contributed by atoms with Crippen molar-refractivity contribution in [3.05, 3.63) is 71.5 Å². The molecule has 2 aromatic heterocycles. The minimum absolute atomic E-state index is 0. The van der Waals surface area contributed by atoms with Gasteiger partial charge in [0.2, 0.25) is 5.95 Å². The molecule has 0 radical (unpaired) electrons.